The summed E-state index contributed by atoms with van der Waals surface area (Å²) in [6.07, 6.45) is -4.06. The first-order valence-electron chi connectivity index (χ1n) is 6.05. The number of alkyl halides is 3. The fourth-order valence-electron chi connectivity index (χ4n) is 1.58. The number of ether oxygens (including phenoxy) is 1. The molecule has 1 heterocycles. The van der Waals surface area contributed by atoms with E-state index in [1.54, 1.807) is 0 Å². The molecule has 0 spiro atoms. The number of carbonyl (C=O) groups excluding carboxylic acids is 1. The van der Waals surface area contributed by atoms with Gasteiger partial charge in [-0.3, -0.25) is 15.5 Å². The molecule has 0 fully saturated rings. The predicted octanol–water partition coefficient (Wildman–Crippen LogP) is 2.66. The van der Waals surface area contributed by atoms with Crippen LogP contribution in [0.15, 0.2) is 29.4 Å². The molecule has 21 heavy (non-hydrogen) atoms. The number of para-hydroxylation sites is 1. The van der Waals surface area contributed by atoms with Gasteiger partial charge < -0.3 is 4.74 Å². The van der Waals surface area contributed by atoms with E-state index in [4.69, 9.17) is 0 Å². The summed E-state index contributed by atoms with van der Waals surface area (Å²) in [7, 11) is 0. The van der Waals surface area contributed by atoms with Gasteiger partial charge in [0.1, 0.15) is 5.75 Å². The number of amides is 1. The van der Waals surface area contributed by atoms with Crippen molar-refractivity contribution >= 4 is 22.8 Å². The van der Waals surface area contributed by atoms with Crippen molar-refractivity contribution in [2.45, 2.75) is 25.1 Å². The van der Waals surface area contributed by atoms with Gasteiger partial charge in [-0.2, -0.15) is 5.10 Å². The maximum absolute atomic E-state index is 12.3. The van der Waals surface area contributed by atoms with Gasteiger partial charge in [0, 0.05) is 0 Å². The largest absolute Gasteiger partial charge is 0.573 e. The summed E-state index contributed by atoms with van der Waals surface area (Å²) < 4.78 is 40.7. The summed E-state index contributed by atoms with van der Waals surface area (Å²) >= 11 is 1.30. The second kappa shape index (κ2) is 6.25. The first-order valence-corrected chi connectivity index (χ1v) is 6.93. The Morgan fingerprint density at radius 2 is 2.19 bits per heavy atom. The van der Waals surface area contributed by atoms with Gasteiger partial charge in [0.15, 0.2) is 5.17 Å². The molecule has 1 amide bonds. The van der Waals surface area contributed by atoms with Crippen LogP contribution in [-0.2, 0) is 0 Å². The quantitative estimate of drug-likeness (QED) is 0.899. The summed E-state index contributed by atoms with van der Waals surface area (Å²) in [5, 5.41) is 6.70. The molecule has 0 aromatic heterocycles. The number of thioether (sulfide) groups is 1. The van der Waals surface area contributed by atoms with Gasteiger partial charge in [-0.05, 0) is 18.6 Å². The van der Waals surface area contributed by atoms with Gasteiger partial charge in [0.2, 0.25) is 0 Å². The van der Waals surface area contributed by atoms with Gasteiger partial charge in [-0.15, -0.1) is 13.2 Å². The zero-order chi connectivity index (χ0) is 15.5. The van der Waals surface area contributed by atoms with Crippen LogP contribution < -0.4 is 15.5 Å². The number of hydrazone groups is 1. The smallest absolute Gasteiger partial charge is 0.405 e. The van der Waals surface area contributed by atoms with Crippen LogP contribution in [0.25, 0.3) is 0 Å². The van der Waals surface area contributed by atoms with Crippen LogP contribution in [0.3, 0.4) is 0 Å². The molecule has 1 aromatic carbocycles. The molecular formula is C12H12F3N3O2S. The maximum Gasteiger partial charge on any atom is 0.573 e. The lowest BCUT2D eigenvalue weighted by molar-refractivity contribution is -0.274. The number of rotatable bonds is 3. The molecule has 1 aliphatic rings. The van der Waals surface area contributed by atoms with Gasteiger partial charge >= 0.3 is 6.36 Å². The van der Waals surface area contributed by atoms with E-state index in [1.807, 2.05) is 6.92 Å². The minimum Gasteiger partial charge on any atom is -0.405 e. The number of carbonyl (C=O) groups is 1. The van der Waals surface area contributed by atoms with Gasteiger partial charge in [0.05, 0.1) is 10.9 Å². The molecule has 1 aliphatic heterocycles. The van der Waals surface area contributed by atoms with Crippen LogP contribution in [-0.4, -0.2) is 22.8 Å². The summed E-state index contributed by atoms with van der Waals surface area (Å²) in [6.45, 7) is 1.94. The normalized spacial score (nSPS) is 17.9. The Kier molecular flexibility index (Phi) is 4.61. The van der Waals surface area contributed by atoms with Crippen LogP contribution in [0.2, 0.25) is 0 Å². The van der Waals surface area contributed by atoms with Crippen LogP contribution >= 0.6 is 11.8 Å². The third-order valence-corrected chi connectivity index (χ3v) is 3.65. The summed E-state index contributed by atoms with van der Waals surface area (Å²) in [5.74, 6) is -1.26. The van der Waals surface area contributed by atoms with E-state index in [2.05, 4.69) is 20.6 Å². The first-order chi connectivity index (χ1) is 9.89. The molecule has 2 rings (SSSR count). The predicted molar refractivity (Wildman–Crippen MR) is 72.8 cm³/mol. The number of benzene rings is 1. The summed E-state index contributed by atoms with van der Waals surface area (Å²) in [5.41, 5.74) is 2.58. The lowest BCUT2D eigenvalue weighted by Gasteiger charge is -2.12. The highest BCUT2D eigenvalue weighted by Gasteiger charge is 2.33. The number of hydrogen-bond acceptors (Lipinski definition) is 5. The molecule has 2 N–H and O–H groups in total. The topological polar surface area (TPSA) is 62.7 Å². The molecular weight excluding hydrogens is 307 g/mol. The molecule has 0 bridgehead atoms. The third-order valence-electron chi connectivity index (χ3n) is 2.51. The van der Waals surface area contributed by atoms with E-state index in [0.29, 0.717) is 5.17 Å². The molecule has 1 atom stereocenters. The third kappa shape index (κ3) is 4.28. The standard InChI is InChI=1S/C12H12F3N3O2S/c1-2-9-17-18-11(21-9)16-10(19)7-5-3-4-6-8(7)20-12(13,14)15/h3-6,9,17H,2H2,1H3,(H,16,18,19). The minimum atomic E-state index is -4.86. The van der Waals surface area contributed by atoms with E-state index >= 15 is 0 Å². The SMILES string of the molecule is CCC1NN=C(NC(=O)c2ccccc2OC(F)(F)F)S1. The molecule has 0 aliphatic carbocycles. The number of nitrogens with zero attached hydrogens (tertiary/aromatic N) is 1. The number of amidine groups is 1. The van der Waals surface area contributed by atoms with E-state index in [-0.39, 0.29) is 10.9 Å². The van der Waals surface area contributed by atoms with E-state index in [0.717, 1.165) is 12.5 Å². The van der Waals surface area contributed by atoms with Crippen molar-refractivity contribution in [3.05, 3.63) is 29.8 Å². The Hall–Kier alpha value is -1.90. The van der Waals surface area contributed by atoms with E-state index in [9.17, 15) is 18.0 Å². The van der Waals surface area contributed by atoms with Crippen molar-refractivity contribution in [1.82, 2.24) is 10.7 Å². The van der Waals surface area contributed by atoms with Crippen molar-refractivity contribution in [3.8, 4) is 5.75 Å². The molecule has 1 unspecified atom stereocenters. The molecule has 0 saturated heterocycles. The minimum absolute atomic E-state index is 0.0435. The monoisotopic (exact) mass is 319 g/mol. The van der Waals surface area contributed by atoms with Crippen molar-refractivity contribution in [2.75, 3.05) is 0 Å². The van der Waals surface area contributed by atoms with Crippen molar-refractivity contribution < 1.29 is 22.7 Å². The summed E-state index contributed by atoms with van der Waals surface area (Å²) in [4.78, 5) is 12.0. The zero-order valence-corrected chi connectivity index (χ0v) is 11.7. The van der Waals surface area contributed by atoms with Gasteiger partial charge in [0.25, 0.3) is 5.91 Å². The second-order valence-electron chi connectivity index (χ2n) is 4.06. The lowest BCUT2D eigenvalue weighted by Crippen LogP contribution is -2.29. The average molecular weight is 319 g/mol. The lowest BCUT2D eigenvalue weighted by atomic mass is 10.2. The number of nitrogens with one attached hydrogen (secondary N) is 2. The highest BCUT2D eigenvalue weighted by atomic mass is 32.2. The fourth-order valence-corrected chi connectivity index (χ4v) is 2.38. The first kappa shape index (κ1) is 15.5. The van der Waals surface area contributed by atoms with Gasteiger partial charge in [-0.25, -0.2) is 0 Å². The Morgan fingerprint density at radius 3 is 2.81 bits per heavy atom. The molecule has 0 radical (unpaired) electrons. The molecule has 1 aromatic rings. The van der Waals surface area contributed by atoms with E-state index < -0.39 is 18.0 Å². The maximum atomic E-state index is 12.3. The Labute approximate surface area is 122 Å². The summed E-state index contributed by atoms with van der Waals surface area (Å²) in [6, 6.07) is 5.14. The van der Waals surface area contributed by atoms with Crippen LogP contribution in [0, 0.1) is 0 Å². The highest BCUT2D eigenvalue weighted by molar-refractivity contribution is 8.14. The van der Waals surface area contributed by atoms with Crippen LogP contribution in [0.4, 0.5) is 13.2 Å². The molecule has 114 valence electrons. The molecule has 5 nitrogen and oxygen atoms in total. The van der Waals surface area contributed by atoms with Gasteiger partial charge in [-0.1, -0.05) is 30.8 Å². The highest BCUT2D eigenvalue weighted by Crippen LogP contribution is 2.26. The van der Waals surface area contributed by atoms with Crippen molar-refractivity contribution in [2.24, 2.45) is 5.10 Å². The Bertz CT molecular complexity index is 563. The molecule has 9 heteroatoms. The second-order valence-corrected chi connectivity index (χ2v) is 5.25. The fraction of sp³-hybridized carbons (Fsp3) is 0.333. The van der Waals surface area contributed by atoms with Crippen LogP contribution in [0.5, 0.6) is 5.75 Å². The van der Waals surface area contributed by atoms with Crippen molar-refractivity contribution in [3.63, 3.8) is 0 Å². The van der Waals surface area contributed by atoms with E-state index in [1.165, 1.54) is 30.0 Å². The Balaban J connectivity index is 2.09. The van der Waals surface area contributed by atoms with Crippen molar-refractivity contribution in [1.29, 1.82) is 0 Å². The number of hydrogen-bond donors (Lipinski definition) is 2. The van der Waals surface area contributed by atoms with Crippen LogP contribution in [0.1, 0.15) is 23.7 Å². The average Bonchev–Trinajstić information content (AvgIpc) is 2.85. The zero-order valence-electron chi connectivity index (χ0n) is 10.9. The Morgan fingerprint density at radius 1 is 1.48 bits per heavy atom. The molecule has 0 saturated carbocycles. The number of halogens is 3.